The number of hydrogen-bond acceptors (Lipinski definition) is 5. The van der Waals surface area contributed by atoms with Gasteiger partial charge in [-0.25, -0.2) is 9.59 Å². The van der Waals surface area contributed by atoms with E-state index < -0.39 is 12.0 Å². The third kappa shape index (κ3) is 5.07. The number of ether oxygens (including phenoxy) is 1. The number of unbranched alkanes of at least 4 members (excludes halogenated alkanes) is 2. The van der Waals surface area contributed by atoms with Crippen LogP contribution in [0.25, 0.3) is 0 Å². The fourth-order valence-corrected chi connectivity index (χ4v) is 0.977. The van der Waals surface area contributed by atoms with Gasteiger partial charge in [0.15, 0.2) is 6.04 Å². The Morgan fingerprint density at radius 3 is 2.79 bits per heavy atom. The zero-order valence-corrected chi connectivity index (χ0v) is 8.02. The minimum absolute atomic E-state index is 0.420. The van der Waals surface area contributed by atoms with Crippen LogP contribution < -0.4 is 0 Å². The molecule has 0 spiro atoms. The first-order chi connectivity index (χ1) is 6.76. The second-order valence-corrected chi connectivity index (χ2v) is 2.66. The van der Waals surface area contributed by atoms with Crippen molar-refractivity contribution in [2.75, 3.05) is 7.11 Å². The Labute approximate surface area is 82.4 Å². The van der Waals surface area contributed by atoms with Crippen molar-refractivity contribution in [3.05, 3.63) is 0 Å². The molecule has 0 amide bonds. The molecule has 0 aromatic carbocycles. The second-order valence-electron chi connectivity index (χ2n) is 2.66. The van der Waals surface area contributed by atoms with E-state index in [-0.39, 0.29) is 0 Å². The first-order valence-corrected chi connectivity index (χ1v) is 4.28. The van der Waals surface area contributed by atoms with E-state index in [1.165, 1.54) is 13.2 Å². The summed E-state index contributed by atoms with van der Waals surface area (Å²) in [5.41, 5.74) is 0. The largest absolute Gasteiger partial charge is 0.467 e. The standard InChI is InChI=1S/C9H12N2O3/c1-14-9(13)8(11-7-12)5-3-2-4-6-10/h8H,2-5H2,1H3. The van der Waals surface area contributed by atoms with Crippen LogP contribution in [0.1, 0.15) is 25.7 Å². The monoisotopic (exact) mass is 196 g/mol. The minimum Gasteiger partial charge on any atom is -0.467 e. The summed E-state index contributed by atoms with van der Waals surface area (Å²) in [6, 6.07) is 1.23. The topological polar surface area (TPSA) is 79.5 Å². The second kappa shape index (κ2) is 7.96. The van der Waals surface area contributed by atoms with Gasteiger partial charge in [0.2, 0.25) is 6.08 Å². The molecule has 5 nitrogen and oxygen atoms in total. The average Bonchev–Trinajstić information content (AvgIpc) is 2.21. The van der Waals surface area contributed by atoms with E-state index >= 15 is 0 Å². The minimum atomic E-state index is -0.767. The lowest BCUT2D eigenvalue weighted by Crippen LogP contribution is -2.19. The van der Waals surface area contributed by atoms with Crippen LogP contribution in [-0.2, 0) is 14.3 Å². The Bertz CT molecular complexity index is 264. The zero-order chi connectivity index (χ0) is 10.8. The number of nitriles is 1. The Kier molecular flexibility index (Phi) is 7.02. The molecule has 0 bridgehead atoms. The van der Waals surface area contributed by atoms with Crippen molar-refractivity contribution in [3.8, 4) is 6.07 Å². The fourth-order valence-electron chi connectivity index (χ4n) is 0.977. The molecule has 0 aromatic rings. The van der Waals surface area contributed by atoms with E-state index in [0.717, 1.165) is 0 Å². The Morgan fingerprint density at radius 2 is 2.29 bits per heavy atom. The molecule has 1 unspecified atom stereocenters. The molecule has 0 fully saturated rings. The molecule has 1 atom stereocenters. The van der Waals surface area contributed by atoms with Crippen LogP contribution in [0.4, 0.5) is 0 Å². The number of nitrogens with zero attached hydrogens (tertiary/aromatic N) is 2. The number of methoxy groups -OCH3 is 1. The molecule has 0 aliphatic rings. The van der Waals surface area contributed by atoms with Gasteiger partial charge in [0, 0.05) is 6.42 Å². The smallest absolute Gasteiger partial charge is 0.331 e. The number of carbonyl (C=O) groups excluding carboxylic acids is 2. The van der Waals surface area contributed by atoms with E-state index in [9.17, 15) is 9.59 Å². The maximum absolute atomic E-state index is 11.0. The van der Waals surface area contributed by atoms with Crippen LogP contribution in [0.5, 0.6) is 0 Å². The molecule has 5 heteroatoms. The van der Waals surface area contributed by atoms with E-state index in [4.69, 9.17) is 5.26 Å². The number of hydrogen-bond donors (Lipinski definition) is 0. The highest BCUT2D eigenvalue weighted by Crippen LogP contribution is 2.07. The van der Waals surface area contributed by atoms with Gasteiger partial charge in [0.25, 0.3) is 0 Å². The molecule has 0 radical (unpaired) electrons. The summed E-state index contributed by atoms with van der Waals surface area (Å²) < 4.78 is 4.45. The highest BCUT2D eigenvalue weighted by molar-refractivity contribution is 5.76. The summed E-state index contributed by atoms with van der Waals surface area (Å²) in [5.74, 6) is -0.537. The third-order valence-electron chi connectivity index (χ3n) is 1.70. The van der Waals surface area contributed by atoms with Crippen molar-refractivity contribution < 1.29 is 14.3 Å². The lowest BCUT2D eigenvalue weighted by molar-refractivity contribution is -0.142. The molecule has 0 saturated carbocycles. The molecule has 0 rings (SSSR count). The first-order valence-electron chi connectivity index (χ1n) is 4.28. The van der Waals surface area contributed by atoms with Crippen LogP contribution in [0.2, 0.25) is 0 Å². The molecule has 0 N–H and O–H groups in total. The van der Waals surface area contributed by atoms with Gasteiger partial charge in [0.05, 0.1) is 13.2 Å². The highest BCUT2D eigenvalue weighted by atomic mass is 16.5. The number of rotatable bonds is 6. The van der Waals surface area contributed by atoms with Crippen molar-refractivity contribution in [2.45, 2.75) is 31.7 Å². The zero-order valence-electron chi connectivity index (χ0n) is 8.02. The fraction of sp³-hybridized carbons (Fsp3) is 0.667. The van der Waals surface area contributed by atoms with E-state index in [1.807, 2.05) is 6.07 Å². The van der Waals surface area contributed by atoms with Gasteiger partial charge in [-0.1, -0.05) is 0 Å². The van der Waals surface area contributed by atoms with E-state index in [0.29, 0.717) is 25.7 Å². The van der Waals surface area contributed by atoms with Gasteiger partial charge >= 0.3 is 5.97 Å². The number of esters is 1. The molecule has 0 aromatic heterocycles. The van der Waals surface area contributed by atoms with Crippen molar-refractivity contribution in [1.82, 2.24) is 0 Å². The number of aliphatic imine (C=N–C) groups is 1. The molecule has 0 aliphatic heterocycles. The molecule has 76 valence electrons. The molecule has 0 saturated heterocycles. The summed E-state index contributed by atoms with van der Waals surface area (Å²) in [4.78, 5) is 24.3. The van der Waals surface area contributed by atoms with E-state index in [1.54, 1.807) is 0 Å². The summed E-state index contributed by atoms with van der Waals surface area (Å²) in [6.07, 6.45) is 3.55. The molecular weight excluding hydrogens is 184 g/mol. The summed E-state index contributed by atoms with van der Waals surface area (Å²) in [6.45, 7) is 0. The Balaban J connectivity index is 3.92. The SMILES string of the molecule is COC(=O)C(CCCCC#N)N=C=O. The van der Waals surface area contributed by atoms with Gasteiger partial charge in [-0.15, -0.1) is 0 Å². The van der Waals surface area contributed by atoms with Gasteiger partial charge in [-0.3, -0.25) is 0 Å². The Hall–Kier alpha value is -1.66. The number of carbonyl (C=O) groups is 1. The first kappa shape index (κ1) is 12.3. The molecular formula is C9H12N2O3. The maximum atomic E-state index is 11.0. The molecule has 14 heavy (non-hydrogen) atoms. The normalized spacial score (nSPS) is 10.9. The van der Waals surface area contributed by atoms with Crippen LogP contribution in [0.3, 0.4) is 0 Å². The van der Waals surface area contributed by atoms with Crippen molar-refractivity contribution >= 4 is 12.0 Å². The van der Waals surface area contributed by atoms with Crippen LogP contribution in [-0.4, -0.2) is 25.2 Å². The quantitative estimate of drug-likeness (QED) is 0.274. The summed E-state index contributed by atoms with van der Waals surface area (Å²) in [5, 5.41) is 8.26. The lowest BCUT2D eigenvalue weighted by atomic mass is 10.1. The van der Waals surface area contributed by atoms with Gasteiger partial charge in [0.1, 0.15) is 0 Å². The van der Waals surface area contributed by atoms with Gasteiger partial charge in [-0.2, -0.15) is 10.3 Å². The van der Waals surface area contributed by atoms with Crippen molar-refractivity contribution in [2.24, 2.45) is 4.99 Å². The van der Waals surface area contributed by atoms with Crippen LogP contribution in [0, 0.1) is 11.3 Å². The molecule has 0 aliphatic carbocycles. The Morgan fingerprint density at radius 1 is 1.57 bits per heavy atom. The van der Waals surface area contributed by atoms with Crippen LogP contribution >= 0.6 is 0 Å². The van der Waals surface area contributed by atoms with Crippen molar-refractivity contribution in [3.63, 3.8) is 0 Å². The summed E-state index contributed by atoms with van der Waals surface area (Å²) in [7, 11) is 1.24. The maximum Gasteiger partial charge on any atom is 0.331 e. The van der Waals surface area contributed by atoms with Gasteiger partial charge < -0.3 is 4.74 Å². The van der Waals surface area contributed by atoms with Crippen LogP contribution in [0.15, 0.2) is 4.99 Å². The number of isocyanates is 1. The summed E-state index contributed by atoms with van der Waals surface area (Å²) >= 11 is 0. The molecule has 0 heterocycles. The lowest BCUT2D eigenvalue weighted by Gasteiger charge is -2.06. The van der Waals surface area contributed by atoms with Gasteiger partial charge in [-0.05, 0) is 19.3 Å². The predicted molar refractivity (Wildman–Crippen MR) is 48.0 cm³/mol. The third-order valence-corrected chi connectivity index (χ3v) is 1.70. The predicted octanol–water partition coefficient (Wildman–Crippen LogP) is 0.948. The van der Waals surface area contributed by atoms with Crippen molar-refractivity contribution in [1.29, 1.82) is 5.26 Å². The average molecular weight is 196 g/mol. The highest BCUT2D eigenvalue weighted by Gasteiger charge is 2.16. The van der Waals surface area contributed by atoms with E-state index in [2.05, 4.69) is 9.73 Å².